The van der Waals surface area contributed by atoms with Crippen molar-refractivity contribution in [3.63, 3.8) is 0 Å². The van der Waals surface area contributed by atoms with Crippen molar-refractivity contribution in [3.8, 4) is 0 Å². The number of nitrogens with one attached hydrogen (secondary N) is 1. The molecule has 1 saturated heterocycles. The van der Waals surface area contributed by atoms with Crippen molar-refractivity contribution in [1.29, 1.82) is 0 Å². The Hall–Kier alpha value is -0.750. The van der Waals surface area contributed by atoms with Crippen LogP contribution in [0.25, 0.3) is 0 Å². The lowest BCUT2D eigenvalue weighted by molar-refractivity contribution is -0.129. The van der Waals surface area contributed by atoms with E-state index >= 15 is 0 Å². The summed E-state index contributed by atoms with van der Waals surface area (Å²) in [5, 5.41) is 4.48. The van der Waals surface area contributed by atoms with Gasteiger partial charge in [0.05, 0.1) is 17.8 Å². The maximum atomic E-state index is 12.2. The van der Waals surface area contributed by atoms with Gasteiger partial charge < -0.3 is 15.1 Å². The molecule has 1 aliphatic carbocycles. The van der Waals surface area contributed by atoms with Crippen LogP contribution in [-0.4, -0.2) is 71.9 Å². The van der Waals surface area contributed by atoms with E-state index in [9.17, 15) is 4.79 Å². The number of piperazine rings is 1. The lowest BCUT2D eigenvalue weighted by Gasteiger charge is -2.32. The second-order valence-electron chi connectivity index (χ2n) is 6.01. The summed E-state index contributed by atoms with van der Waals surface area (Å²) in [5.41, 5.74) is 0. The van der Waals surface area contributed by atoms with Gasteiger partial charge in [0.1, 0.15) is 0 Å². The summed E-state index contributed by atoms with van der Waals surface area (Å²) in [6, 6.07) is 0.995. The van der Waals surface area contributed by atoms with Crippen molar-refractivity contribution in [1.82, 2.24) is 15.1 Å². The van der Waals surface area contributed by atoms with Crippen LogP contribution in [-0.2, 0) is 4.79 Å². The number of aliphatic imine (C=N–C) groups is 1. The molecule has 1 amide bonds. The first-order valence-electron chi connectivity index (χ1n) is 7.66. The molecule has 0 spiro atoms. The van der Waals surface area contributed by atoms with Crippen LogP contribution >= 0.6 is 11.8 Å². The summed E-state index contributed by atoms with van der Waals surface area (Å²) < 4.78 is 0. The number of carbonyl (C=O) groups is 1. The molecule has 20 heavy (non-hydrogen) atoms. The number of amidine groups is 1. The Morgan fingerprint density at radius 2 is 2.05 bits per heavy atom. The van der Waals surface area contributed by atoms with E-state index in [0.717, 1.165) is 31.3 Å². The van der Waals surface area contributed by atoms with Gasteiger partial charge in [-0.05, 0) is 19.9 Å². The highest BCUT2D eigenvalue weighted by Crippen LogP contribution is 2.27. The average molecular weight is 296 g/mol. The van der Waals surface area contributed by atoms with Crippen LogP contribution in [0.15, 0.2) is 4.99 Å². The Bertz CT molecular complexity index is 393. The van der Waals surface area contributed by atoms with Gasteiger partial charge in [0.2, 0.25) is 5.91 Å². The van der Waals surface area contributed by atoms with Crippen molar-refractivity contribution in [2.45, 2.75) is 37.8 Å². The molecule has 1 N–H and O–H groups in total. The number of hydrogen-bond acceptors (Lipinski definition) is 5. The fraction of sp³-hybridized carbons (Fsp3) is 0.857. The molecule has 2 unspecified atom stereocenters. The van der Waals surface area contributed by atoms with Crippen LogP contribution in [0.3, 0.4) is 0 Å². The number of thioether (sulfide) groups is 1. The van der Waals surface area contributed by atoms with Crippen molar-refractivity contribution in [3.05, 3.63) is 0 Å². The van der Waals surface area contributed by atoms with Gasteiger partial charge in [0, 0.05) is 26.2 Å². The molecule has 0 bridgehead atoms. The van der Waals surface area contributed by atoms with E-state index in [0.29, 0.717) is 17.8 Å². The molecule has 2 atom stereocenters. The predicted octanol–water partition coefficient (Wildman–Crippen LogP) is 0.764. The molecule has 0 aromatic rings. The van der Waals surface area contributed by atoms with Crippen LogP contribution < -0.4 is 5.32 Å². The van der Waals surface area contributed by atoms with Crippen LogP contribution in [0.5, 0.6) is 0 Å². The SMILES string of the molecule is CN1CCN(C(=O)CSC2=NC3CCCCC3N2)CC1. The largest absolute Gasteiger partial charge is 0.360 e. The van der Waals surface area contributed by atoms with E-state index in [-0.39, 0.29) is 5.91 Å². The lowest BCUT2D eigenvalue weighted by atomic mass is 9.92. The van der Waals surface area contributed by atoms with Gasteiger partial charge in [0.25, 0.3) is 0 Å². The molecule has 3 rings (SSSR count). The zero-order chi connectivity index (χ0) is 13.9. The number of fused-ring (bicyclic) bond motifs is 1. The monoisotopic (exact) mass is 296 g/mol. The third-order valence-electron chi connectivity index (χ3n) is 4.51. The van der Waals surface area contributed by atoms with Gasteiger partial charge in [-0.25, -0.2) is 0 Å². The maximum absolute atomic E-state index is 12.2. The van der Waals surface area contributed by atoms with E-state index in [4.69, 9.17) is 4.99 Å². The minimum atomic E-state index is 0.252. The van der Waals surface area contributed by atoms with Crippen molar-refractivity contribution < 1.29 is 4.79 Å². The highest BCUT2D eigenvalue weighted by atomic mass is 32.2. The van der Waals surface area contributed by atoms with E-state index in [1.165, 1.54) is 25.7 Å². The predicted molar refractivity (Wildman–Crippen MR) is 83.1 cm³/mol. The first kappa shape index (κ1) is 14.2. The molecule has 0 aromatic carbocycles. The standard InChI is InChI=1S/C14H24N4OS/c1-17-6-8-18(9-7-17)13(19)10-20-14-15-11-4-2-3-5-12(11)16-14/h11-12H,2-10H2,1H3,(H,15,16). The molecule has 2 heterocycles. The van der Waals surface area contributed by atoms with Crippen molar-refractivity contribution in [2.24, 2.45) is 4.99 Å². The molecular weight excluding hydrogens is 272 g/mol. The molecule has 2 aliphatic heterocycles. The summed E-state index contributed by atoms with van der Waals surface area (Å²) in [6.45, 7) is 3.70. The highest BCUT2D eigenvalue weighted by Gasteiger charge is 2.31. The van der Waals surface area contributed by atoms with Crippen molar-refractivity contribution in [2.75, 3.05) is 39.0 Å². The molecule has 112 valence electrons. The van der Waals surface area contributed by atoms with Gasteiger partial charge >= 0.3 is 0 Å². The molecule has 2 fully saturated rings. The Balaban J connectivity index is 1.44. The minimum absolute atomic E-state index is 0.252. The summed E-state index contributed by atoms with van der Waals surface area (Å²) in [5.74, 6) is 0.775. The number of nitrogens with zero attached hydrogens (tertiary/aromatic N) is 3. The minimum Gasteiger partial charge on any atom is -0.360 e. The number of carbonyl (C=O) groups excluding carboxylic acids is 1. The third-order valence-corrected chi connectivity index (χ3v) is 5.40. The smallest absolute Gasteiger partial charge is 0.233 e. The van der Waals surface area contributed by atoms with Gasteiger partial charge in [-0.2, -0.15) is 0 Å². The molecule has 5 nitrogen and oxygen atoms in total. The molecule has 1 saturated carbocycles. The maximum Gasteiger partial charge on any atom is 0.233 e. The topological polar surface area (TPSA) is 47.9 Å². The van der Waals surface area contributed by atoms with Gasteiger partial charge in [-0.1, -0.05) is 24.6 Å². The molecule has 6 heteroatoms. The van der Waals surface area contributed by atoms with Crippen LogP contribution in [0, 0.1) is 0 Å². The summed E-state index contributed by atoms with van der Waals surface area (Å²) in [6.07, 6.45) is 5.03. The Labute approximate surface area is 125 Å². The first-order valence-corrected chi connectivity index (χ1v) is 8.64. The average Bonchev–Trinajstić information content (AvgIpc) is 2.88. The second kappa shape index (κ2) is 6.35. The van der Waals surface area contributed by atoms with Gasteiger partial charge in [-0.3, -0.25) is 9.79 Å². The molecule has 3 aliphatic rings. The van der Waals surface area contributed by atoms with E-state index < -0.39 is 0 Å². The third kappa shape index (κ3) is 3.28. The highest BCUT2D eigenvalue weighted by molar-refractivity contribution is 8.14. The number of amides is 1. The van der Waals surface area contributed by atoms with E-state index in [1.54, 1.807) is 11.8 Å². The second-order valence-corrected chi connectivity index (χ2v) is 6.97. The van der Waals surface area contributed by atoms with Gasteiger partial charge in [0.15, 0.2) is 5.17 Å². The fourth-order valence-corrected chi connectivity index (χ4v) is 4.02. The van der Waals surface area contributed by atoms with E-state index in [2.05, 4.69) is 17.3 Å². The van der Waals surface area contributed by atoms with Crippen LogP contribution in [0.1, 0.15) is 25.7 Å². The molecule has 0 aromatic heterocycles. The van der Waals surface area contributed by atoms with E-state index in [1.807, 2.05) is 4.90 Å². The first-order chi connectivity index (χ1) is 9.72. The Kier molecular flexibility index (Phi) is 4.51. The van der Waals surface area contributed by atoms with Crippen LogP contribution in [0.2, 0.25) is 0 Å². The quantitative estimate of drug-likeness (QED) is 0.817. The fourth-order valence-electron chi connectivity index (χ4n) is 3.14. The normalized spacial score (nSPS) is 30.6. The Morgan fingerprint density at radius 3 is 2.80 bits per heavy atom. The zero-order valence-electron chi connectivity index (χ0n) is 12.2. The summed E-state index contributed by atoms with van der Waals surface area (Å²) in [7, 11) is 2.11. The van der Waals surface area contributed by atoms with Crippen molar-refractivity contribution >= 4 is 22.8 Å². The Morgan fingerprint density at radius 1 is 1.30 bits per heavy atom. The van der Waals surface area contributed by atoms with Gasteiger partial charge in [-0.15, -0.1) is 0 Å². The number of rotatable bonds is 2. The number of hydrogen-bond donors (Lipinski definition) is 1. The number of likely N-dealkylation sites (N-methyl/N-ethyl adjacent to an activating group) is 1. The van der Waals surface area contributed by atoms with Crippen LogP contribution in [0.4, 0.5) is 0 Å². The zero-order valence-corrected chi connectivity index (χ0v) is 13.0. The molecule has 0 radical (unpaired) electrons. The lowest BCUT2D eigenvalue weighted by Crippen LogP contribution is -2.47. The summed E-state index contributed by atoms with van der Waals surface area (Å²) in [4.78, 5) is 21.2. The summed E-state index contributed by atoms with van der Waals surface area (Å²) >= 11 is 1.59. The molecular formula is C14H24N4OS.